The average Bonchev–Trinajstić information content (AvgIpc) is 3.22. The number of hydrogen-bond acceptors (Lipinski definition) is 3. The van der Waals surface area contributed by atoms with E-state index in [1.165, 1.54) is 18.9 Å². The molecule has 0 saturated heterocycles. The molecule has 1 fully saturated rings. The van der Waals surface area contributed by atoms with Crippen LogP contribution in [0.1, 0.15) is 37.1 Å². The van der Waals surface area contributed by atoms with E-state index >= 15 is 0 Å². The highest BCUT2D eigenvalue weighted by molar-refractivity contribution is 5.23. The molecular formula is C16H21FN4. The molecule has 1 aliphatic rings. The molecule has 5 heteroatoms. The Balaban J connectivity index is 1.79. The van der Waals surface area contributed by atoms with Gasteiger partial charge in [-0.05, 0) is 31.4 Å². The summed E-state index contributed by atoms with van der Waals surface area (Å²) >= 11 is 0. The smallest absolute Gasteiger partial charge is 0.138 e. The molecule has 1 aromatic carbocycles. The van der Waals surface area contributed by atoms with E-state index < -0.39 is 0 Å². The van der Waals surface area contributed by atoms with E-state index in [-0.39, 0.29) is 11.7 Å². The Hall–Kier alpha value is -1.75. The molecule has 0 spiro atoms. The van der Waals surface area contributed by atoms with Crippen molar-refractivity contribution in [3.8, 4) is 0 Å². The minimum atomic E-state index is -0.136. The maximum absolute atomic E-state index is 14.1. The monoisotopic (exact) mass is 288 g/mol. The molecule has 0 bridgehead atoms. The zero-order valence-electron chi connectivity index (χ0n) is 12.3. The van der Waals surface area contributed by atoms with Crippen molar-refractivity contribution < 1.29 is 4.39 Å². The molecule has 0 radical (unpaired) electrons. The minimum Gasteiger partial charge on any atom is -0.313 e. The summed E-state index contributed by atoms with van der Waals surface area (Å²) in [6.45, 7) is 3.61. The molecular weight excluding hydrogens is 267 g/mol. The second kappa shape index (κ2) is 6.35. The van der Waals surface area contributed by atoms with E-state index in [2.05, 4.69) is 15.4 Å². The molecule has 3 rings (SSSR count). The van der Waals surface area contributed by atoms with E-state index in [9.17, 15) is 4.39 Å². The molecule has 112 valence electrons. The standard InChI is InChI=1S/C16H21FN4/c1-2-21-16(19-11-20-21)9-12(10-18-13-7-8-13)14-5-3-4-6-15(14)17/h3-6,11-13,18H,2,7-10H2,1H3. The minimum absolute atomic E-state index is 0.0845. The largest absolute Gasteiger partial charge is 0.313 e. The molecule has 1 unspecified atom stereocenters. The molecule has 1 N–H and O–H groups in total. The van der Waals surface area contributed by atoms with Crippen LogP contribution in [0.5, 0.6) is 0 Å². The van der Waals surface area contributed by atoms with Crippen LogP contribution in [0.15, 0.2) is 30.6 Å². The zero-order valence-corrected chi connectivity index (χ0v) is 12.3. The van der Waals surface area contributed by atoms with Crippen molar-refractivity contribution in [3.05, 3.63) is 47.8 Å². The summed E-state index contributed by atoms with van der Waals surface area (Å²) in [7, 11) is 0. The van der Waals surface area contributed by atoms with E-state index in [0.29, 0.717) is 12.5 Å². The Morgan fingerprint density at radius 2 is 2.19 bits per heavy atom. The first-order valence-electron chi connectivity index (χ1n) is 7.62. The van der Waals surface area contributed by atoms with Crippen molar-refractivity contribution in [1.82, 2.24) is 20.1 Å². The first-order valence-corrected chi connectivity index (χ1v) is 7.62. The SMILES string of the molecule is CCn1ncnc1CC(CNC1CC1)c1ccccc1F. The average molecular weight is 288 g/mol. The van der Waals surface area contributed by atoms with Gasteiger partial charge in [0, 0.05) is 31.5 Å². The molecule has 1 atom stereocenters. The van der Waals surface area contributed by atoms with Gasteiger partial charge in [-0.25, -0.2) is 9.37 Å². The van der Waals surface area contributed by atoms with Crippen LogP contribution in [-0.2, 0) is 13.0 Å². The highest BCUT2D eigenvalue weighted by Crippen LogP contribution is 2.25. The van der Waals surface area contributed by atoms with Crippen LogP contribution < -0.4 is 5.32 Å². The fourth-order valence-corrected chi connectivity index (χ4v) is 2.63. The number of halogens is 1. The Labute approximate surface area is 124 Å². The third-order valence-electron chi connectivity index (χ3n) is 4.00. The van der Waals surface area contributed by atoms with Gasteiger partial charge < -0.3 is 5.32 Å². The van der Waals surface area contributed by atoms with Crippen LogP contribution in [0, 0.1) is 5.82 Å². The summed E-state index contributed by atoms with van der Waals surface area (Å²) in [4.78, 5) is 4.33. The van der Waals surface area contributed by atoms with Crippen molar-refractivity contribution in [2.75, 3.05) is 6.54 Å². The first kappa shape index (κ1) is 14.2. The summed E-state index contributed by atoms with van der Waals surface area (Å²) in [6.07, 6.45) is 4.74. The zero-order chi connectivity index (χ0) is 14.7. The van der Waals surface area contributed by atoms with Crippen molar-refractivity contribution in [1.29, 1.82) is 0 Å². The number of aromatic nitrogens is 3. The summed E-state index contributed by atoms with van der Waals surface area (Å²) in [5, 5.41) is 7.71. The predicted molar refractivity (Wildman–Crippen MR) is 79.6 cm³/mol. The fraction of sp³-hybridized carbons (Fsp3) is 0.500. The molecule has 21 heavy (non-hydrogen) atoms. The maximum atomic E-state index is 14.1. The maximum Gasteiger partial charge on any atom is 0.138 e. The van der Waals surface area contributed by atoms with Crippen LogP contribution in [0.4, 0.5) is 4.39 Å². The van der Waals surface area contributed by atoms with E-state index in [1.54, 1.807) is 12.4 Å². The van der Waals surface area contributed by atoms with Crippen LogP contribution in [0.2, 0.25) is 0 Å². The molecule has 0 amide bonds. The van der Waals surface area contributed by atoms with Crippen molar-refractivity contribution in [2.45, 2.75) is 44.7 Å². The molecule has 1 heterocycles. The second-order valence-corrected chi connectivity index (χ2v) is 5.60. The van der Waals surface area contributed by atoms with Crippen molar-refractivity contribution in [2.24, 2.45) is 0 Å². The van der Waals surface area contributed by atoms with Crippen LogP contribution >= 0.6 is 0 Å². The van der Waals surface area contributed by atoms with Gasteiger partial charge in [-0.2, -0.15) is 5.10 Å². The molecule has 1 saturated carbocycles. The number of benzene rings is 1. The molecule has 1 aromatic heterocycles. The molecule has 2 aromatic rings. The van der Waals surface area contributed by atoms with Crippen LogP contribution in [-0.4, -0.2) is 27.4 Å². The topological polar surface area (TPSA) is 42.7 Å². The second-order valence-electron chi connectivity index (χ2n) is 5.60. The number of nitrogens with one attached hydrogen (secondary N) is 1. The van der Waals surface area contributed by atoms with E-state index in [0.717, 1.165) is 24.5 Å². The Morgan fingerprint density at radius 3 is 2.90 bits per heavy atom. The summed E-state index contributed by atoms with van der Waals surface area (Å²) < 4.78 is 16.0. The molecule has 1 aliphatic carbocycles. The van der Waals surface area contributed by atoms with Gasteiger partial charge in [0.1, 0.15) is 18.0 Å². The lowest BCUT2D eigenvalue weighted by molar-refractivity contribution is 0.511. The Bertz CT molecular complexity index is 591. The van der Waals surface area contributed by atoms with E-state index in [1.807, 2.05) is 23.7 Å². The molecule has 4 nitrogen and oxygen atoms in total. The summed E-state index contributed by atoms with van der Waals surface area (Å²) in [5.74, 6) is 0.868. The van der Waals surface area contributed by atoms with Gasteiger partial charge in [0.05, 0.1) is 0 Å². The van der Waals surface area contributed by atoms with Gasteiger partial charge in [-0.1, -0.05) is 18.2 Å². The highest BCUT2D eigenvalue weighted by Gasteiger charge is 2.24. The van der Waals surface area contributed by atoms with Crippen LogP contribution in [0.25, 0.3) is 0 Å². The van der Waals surface area contributed by atoms with E-state index in [4.69, 9.17) is 0 Å². The van der Waals surface area contributed by atoms with Crippen molar-refractivity contribution in [3.63, 3.8) is 0 Å². The lowest BCUT2D eigenvalue weighted by atomic mass is 9.94. The van der Waals surface area contributed by atoms with Crippen molar-refractivity contribution >= 4 is 0 Å². The lowest BCUT2D eigenvalue weighted by Gasteiger charge is -2.18. The van der Waals surface area contributed by atoms with Gasteiger partial charge in [0.25, 0.3) is 0 Å². The third-order valence-corrected chi connectivity index (χ3v) is 4.00. The number of rotatable bonds is 7. The third kappa shape index (κ3) is 3.47. The number of nitrogens with zero attached hydrogens (tertiary/aromatic N) is 3. The van der Waals surface area contributed by atoms with Gasteiger partial charge >= 0.3 is 0 Å². The quantitative estimate of drug-likeness (QED) is 0.851. The first-order chi connectivity index (χ1) is 10.3. The van der Waals surface area contributed by atoms with Crippen LogP contribution in [0.3, 0.4) is 0 Å². The molecule has 0 aliphatic heterocycles. The Morgan fingerprint density at radius 1 is 1.38 bits per heavy atom. The lowest BCUT2D eigenvalue weighted by Crippen LogP contribution is -2.26. The van der Waals surface area contributed by atoms with Gasteiger partial charge in [-0.3, -0.25) is 4.68 Å². The van der Waals surface area contributed by atoms with Gasteiger partial charge in [0.2, 0.25) is 0 Å². The summed E-state index contributed by atoms with van der Waals surface area (Å²) in [5.41, 5.74) is 0.760. The van der Waals surface area contributed by atoms with Gasteiger partial charge in [0.15, 0.2) is 0 Å². The summed E-state index contributed by atoms with van der Waals surface area (Å²) in [6, 6.07) is 7.65. The fourth-order valence-electron chi connectivity index (χ4n) is 2.63. The normalized spacial score (nSPS) is 16.1. The predicted octanol–water partition coefficient (Wildman–Crippen LogP) is 2.52. The Kier molecular flexibility index (Phi) is 4.29. The number of hydrogen-bond donors (Lipinski definition) is 1. The van der Waals surface area contributed by atoms with Gasteiger partial charge in [-0.15, -0.1) is 0 Å². The highest BCUT2D eigenvalue weighted by atomic mass is 19.1. The number of aryl methyl sites for hydroxylation is 1.